The van der Waals surface area contributed by atoms with Crippen LogP contribution in [0.2, 0.25) is 0 Å². The van der Waals surface area contributed by atoms with Crippen LogP contribution in [0.25, 0.3) is 28.3 Å². The molecule has 5 aromatic rings. The number of H-pyrrole nitrogens is 1. The van der Waals surface area contributed by atoms with Crippen molar-refractivity contribution in [3.8, 4) is 22.5 Å². The van der Waals surface area contributed by atoms with Crippen LogP contribution in [0.1, 0.15) is 82.7 Å². The highest BCUT2D eigenvalue weighted by Crippen LogP contribution is 2.33. The molecule has 0 radical (unpaired) electrons. The summed E-state index contributed by atoms with van der Waals surface area (Å²) in [5, 5.41) is 29.5. The number of fused-ring (bicyclic) bond motifs is 1. The summed E-state index contributed by atoms with van der Waals surface area (Å²) in [7, 11) is 0. The van der Waals surface area contributed by atoms with E-state index >= 15 is 0 Å². The summed E-state index contributed by atoms with van der Waals surface area (Å²) in [5.74, 6) is 1.15. The fourth-order valence-corrected chi connectivity index (χ4v) is 6.18. The molecule has 1 saturated carbocycles. The summed E-state index contributed by atoms with van der Waals surface area (Å²) in [4.78, 5) is 18.9. The van der Waals surface area contributed by atoms with Crippen LogP contribution < -0.4 is 5.56 Å². The zero-order valence-electron chi connectivity index (χ0n) is 25.8. The summed E-state index contributed by atoms with van der Waals surface area (Å²) in [6.45, 7) is 7.57. The highest BCUT2D eigenvalue weighted by Gasteiger charge is 2.31. The van der Waals surface area contributed by atoms with Crippen LogP contribution in [0.15, 0.2) is 59.7 Å². The van der Waals surface area contributed by atoms with E-state index < -0.39 is 5.60 Å². The fraction of sp³-hybridized carbons (Fsp3) is 0.455. The maximum Gasteiger partial charge on any atom is 0.259 e. The van der Waals surface area contributed by atoms with Crippen molar-refractivity contribution in [2.75, 3.05) is 0 Å². The number of ether oxygens (including phenoxy) is 1. The van der Waals surface area contributed by atoms with Crippen molar-refractivity contribution < 1.29 is 9.84 Å². The second-order valence-electron chi connectivity index (χ2n) is 12.3. The monoisotopic (exact) mass is 596 g/mol. The number of aromatic amines is 1. The molecule has 11 nitrogen and oxygen atoms in total. The van der Waals surface area contributed by atoms with Gasteiger partial charge in [0.2, 0.25) is 11.6 Å². The quantitative estimate of drug-likeness (QED) is 0.231. The highest BCUT2D eigenvalue weighted by atomic mass is 16.5. The number of nitrogens with zero attached hydrogens (tertiary/aromatic N) is 7. The van der Waals surface area contributed by atoms with E-state index in [4.69, 9.17) is 4.74 Å². The molecule has 1 aliphatic carbocycles. The molecule has 0 saturated heterocycles. The van der Waals surface area contributed by atoms with Crippen LogP contribution in [-0.2, 0) is 17.6 Å². The van der Waals surface area contributed by atoms with Crippen molar-refractivity contribution >= 4 is 5.78 Å². The van der Waals surface area contributed by atoms with E-state index in [9.17, 15) is 9.90 Å². The van der Waals surface area contributed by atoms with Crippen molar-refractivity contribution in [3.63, 3.8) is 0 Å². The lowest BCUT2D eigenvalue weighted by Gasteiger charge is -2.35. The van der Waals surface area contributed by atoms with E-state index in [1.165, 1.54) is 0 Å². The Hall–Kier alpha value is -4.22. The minimum Gasteiger partial charge on any atom is -0.388 e. The molecule has 3 aromatic heterocycles. The summed E-state index contributed by atoms with van der Waals surface area (Å²) in [6.07, 6.45) is 6.68. The predicted octanol–water partition coefficient (Wildman–Crippen LogP) is 4.94. The largest absolute Gasteiger partial charge is 0.388 e. The third-order valence-corrected chi connectivity index (χ3v) is 8.87. The van der Waals surface area contributed by atoms with Gasteiger partial charge >= 0.3 is 0 Å². The van der Waals surface area contributed by atoms with Crippen LogP contribution >= 0.6 is 0 Å². The molecule has 0 spiro atoms. The molecule has 230 valence electrons. The lowest BCUT2D eigenvalue weighted by molar-refractivity contribution is -0.118. The maximum absolute atomic E-state index is 14.3. The van der Waals surface area contributed by atoms with E-state index in [0.717, 1.165) is 72.0 Å². The molecule has 1 atom stereocenters. The van der Waals surface area contributed by atoms with Gasteiger partial charge in [-0.15, -0.1) is 10.2 Å². The van der Waals surface area contributed by atoms with Gasteiger partial charge in [-0.05, 0) is 74.8 Å². The van der Waals surface area contributed by atoms with Crippen molar-refractivity contribution in [2.45, 2.75) is 96.5 Å². The van der Waals surface area contributed by atoms with Crippen LogP contribution in [0, 0.1) is 0 Å². The number of aliphatic hydroxyl groups is 1. The number of benzene rings is 2. The van der Waals surface area contributed by atoms with Crippen LogP contribution in [0.3, 0.4) is 0 Å². The Labute approximate surface area is 256 Å². The van der Waals surface area contributed by atoms with Crippen molar-refractivity contribution in [3.05, 3.63) is 82.0 Å². The first-order chi connectivity index (χ1) is 21.2. The molecule has 3 heterocycles. The molecule has 1 unspecified atom stereocenters. The predicted molar refractivity (Wildman–Crippen MR) is 167 cm³/mol. The van der Waals surface area contributed by atoms with E-state index in [1.807, 2.05) is 40.3 Å². The molecule has 11 heteroatoms. The van der Waals surface area contributed by atoms with Gasteiger partial charge in [-0.3, -0.25) is 9.36 Å². The van der Waals surface area contributed by atoms with Crippen molar-refractivity contribution in [1.82, 2.24) is 39.8 Å². The Morgan fingerprint density at radius 1 is 1.07 bits per heavy atom. The number of aryl methyl sites for hydroxylation is 1. The van der Waals surface area contributed by atoms with Crippen LogP contribution in [0.4, 0.5) is 0 Å². The molecule has 44 heavy (non-hydrogen) atoms. The van der Waals surface area contributed by atoms with Crippen LogP contribution in [-0.4, -0.2) is 62.7 Å². The number of nitrogens with one attached hydrogen (secondary N) is 1. The molecule has 0 amide bonds. The first kappa shape index (κ1) is 29.8. The van der Waals surface area contributed by atoms with Crippen molar-refractivity contribution in [2.24, 2.45) is 0 Å². The SMILES string of the molecule is CCCc1c(Cc2ccc(-c3ccccc3-c3nn[nH]n3)cc2)c(=O)n(C2CCC(OC(C)C(C)(C)O)CC2)c2ncnn12. The fourth-order valence-electron chi connectivity index (χ4n) is 6.18. The molecule has 0 aliphatic heterocycles. The van der Waals surface area contributed by atoms with Crippen molar-refractivity contribution in [1.29, 1.82) is 0 Å². The molecular formula is C33H40N8O3. The first-order valence-corrected chi connectivity index (χ1v) is 15.5. The Morgan fingerprint density at radius 3 is 2.45 bits per heavy atom. The Bertz CT molecular complexity index is 1760. The standard InChI is InChI=1S/C33H40N8O3/c1-5-8-29-28(19-22-11-13-23(14-12-22)26-9-6-7-10-27(26)30-36-38-39-37-30)31(42)40(32-34-20-35-41(29)32)24-15-17-25(18-16-24)44-21(2)33(3,4)43/h6-7,9-14,20-21,24-25,43H,5,8,15-19H2,1-4H3,(H,36,37,38,39). The van der Waals surface area contributed by atoms with Crippen LogP contribution in [0.5, 0.6) is 0 Å². The minimum absolute atomic E-state index is 0.00457. The van der Waals surface area contributed by atoms with Gasteiger partial charge in [0.1, 0.15) is 6.33 Å². The van der Waals surface area contributed by atoms with Gasteiger partial charge in [0.25, 0.3) is 5.56 Å². The van der Waals surface area contributed by atoms with Gasteiger partial charge in [0, 0.05) is 23.6 Å². The summed E-state index contributed by atoms with van der Waals surface area (Å²) in [5.41, 5.74) is 4.77. The topological polar surface area (TPSA) is 136 Å². The molecule has 6 rings (SSSR count). The number of hydrogen-bond acceptors (Lipinski definition) is 8. The van der Waals surface area contributed by atoms with Gasteiger partial charge < -0.3 is 9.84 Å². The molecular weight excluding hydrogens is 556 g/mol. The first-order valence-electron chi connectivity index (χ1n) is 15.5. The van der Waals surface area contributed by atoms with E-state index in [0.29, 0.717) is 18.0 Å². The van der Waals surface area contributed by atoms with E-state index in [-0.39, 0.29) is 23.8 Å². The highest BCUT2D eigenvalue weighted by molar-refractivity contribution is 5.80. The van der Waals surface area contributed by atoms with E-state index in [1.54, 1.807) is 20.2 Å². The number of tetrazole rings is 1. The molecule has 1 aliphatic rings. The molecule has 2 N–H and O–H groups in total. The third kappa shape index (κ3) is 5.94. The maximum atomic E-state index is 14.3. The molecule has 2 aromatic carbocycles. The average Bonchev–Trinajstić information content (AvgIpc) is 3.73. The van der Waals surface area contributed by atoms with Gasteiger partial charge in [-0.25, -0.2) is 4.52 Å². The number of rotatable bonds is 10. The Balaban J connectivity index is 1.30. The zero-order valence-corrected chi connectivity index (χ0v) is 25.8. The van der Waals surface area contributed by atoms with E-state index in [2.05, 4.69) is 61.9 Å². The van der Waals surface area contributed by atoms with Gasteiger partial charge in [0.15, 0.2) is 0 Å². The third-order valence-electron chi connectivity index (χ3n) is 8.87. The smallest absolute Gasteiger partial charge is 0.259 e. The number of aromatic nitrogens is 8. The second kappa shape index (κ2) is 12.4. The lowest BCUT2D eigenvalue weighted by atomic mass is 9.91. The second-order valence-corrected chi connectivity index (χ2v) is 12.3. The molecule has 0 bridgehead atoms. The minimum atomic E-state index is -0.901. The normalized spacial score (nSPS) is 18.1. The lowest BCUT2D eigenvalue weighted by Crippen LogP contribution is -2.40. The summed E-state index contributed by atoms with van der Waals surface area (Å²) in [6, 6.07) is 16.3. The van der Waals surface area contributed by atoms with Gasteiger partial charge in [-0.2, -0.15) is 15.3 Å². The zero-order chi connectivity index (χ0) is 30.8. The van der Waals surface area contributed by atoms with Gasteiger partial charge in [-0.1, -0.05) is 61.9 Å². The Morgan fingerprint density at radius 2 is 1.80 bits per heavy atom. The molecule has 1 fully saturated rings. The van der Waals surface area contributed by atoms with Gasteiger partial charge in [0.05, 0.1) is 23.5 Å². The summed E-state index contributed by atoms with van der Waals surface area (Å²) < 4.78 is 9.92. The Kier molecular flexibility index (Phi) is 8.42. The number of hydrogen-bond donors (Lipinski definition) is 2. The average molecular weight is 597 g/mol. The summed E-state index contributed by atoms with van der Waals surface area (Å²) >= 11 is 0.